The molecule has 0 heterocycles. The highest BCUT2D eigenvalue weighted by atomic mass is 16.5. The van der Waals surface area contributed by atoms with Crippen LogP contribution in [0, 0.1) is 13.8 Å². The highest BCUT2D eigenvalue weighted by Gasteiger charge is 2.25. The number of ether oxygens (including phenoxy) is 1. The number of methoxy groups -OCH3 is 1. The van der Waals surface area contributed by atoms with Gasteiger partial charge in [0.05, 0.1) is 12.8 Å². The molecule has 0 atom stereocenters. The lowest BCUT2D eigenvalue weighted by atomic mass is 10.1. The van der Waals surface area contributed by atoms with E-state index in [1.165, 1.54) is 12.0 Å². The minimum atomic E-state index is -0.875. The van der Waals surface area contributed by atoms with E-state index in [1.807, 2.05) is 32.0 Å². The third-order valence-electron chi connectivity index (χ3n) is 2.63. The number of carbonyl (C=O) groups is 2. The Morgan fingerprint density at radius 3 is 2.33 bits per heavy atom. The Bertz CT molecular complexity index is 460. The summed E-state index contributed by atoms with van der Waals surface area (Å²) in [6.45, 7) is 7.65. The van der Waals surface area contributed by atoms with Crippen LogP contribution in [0.2, 0.25) is 0 Å². The Balaban J connectivity index is 3.24. The SMILES string of the molecule is C=CCN(C(=O)C(=O)OC)c1c(C)cccc1C. The van der Waals surface area contributed by atoms with Crippen LogP contribution < -0.4 is 4.90 Å². The van der Waals surface area contributed by atoms with Gasteiger partial charge in [-0.2, -0.15) is 0 Å². The van der Waals surface area contributed by atoms with Crippen molar-refractivity contribution in [3.8, 4) is 0 Å². The highest BCUT2D eigenvalue weighted by molar-refractivity contribution is 6.38. The number of aryl methyl sites for hydroxylation is 2. The fourth-order valence-corrected chi connectivity index (χ4v) is 1.83. The van der Waals surface area contributed by atoms with Crippen LogP contribution in [-0.4, -0.2) is 25.5 Å². The first-order chi connectivity index (χ1) is 8.52. The van der Waals surface area contributed by atoms with E-state index in [1.54, 1.807) is 6.08 Å². The molecule has 0 fully saturated rings. The maximum absolute atomic E-state index is 12.0. The third-order valence-corrected chi connectivity index (χ3v) is 2.63. The molecule has 0 N–H and O–H groups in total. The topological polar surface area (TPSA) is 46.6 Å². The standard InChI is InChI=1S/C14H17NO3/c1-5-9-15(13(16)14(17)18-4)12-10(2)7-6-8-11(12)3/h5-8H,1,9H2,2-4H3. The largest absolute Gasteiger partial charge is 0.462 e. The fraction of sp³-hybridized carbons (Fsp3) is 0.286. The number of anilines is 1. The van der Waals surface area contributed by atoms with E-state index in [4.69, 9.17) is 0 Å². The maximum atomic E-state index is 12.0. The Morgan fingerprint density at radius 2 is 1.89 bits per heavy atom. The second-order valence-electron chi connectivity index (χ2n) is 3.94. The number of hydrogen-bond donors (Lipinski definition) is 0. The summed E-state index contributed by atoms with van der Waals surface area (Å²) in [4.78, 5) is 24.7. The van der Waals surface area contributed by atoms with Gasteiger partial charge in [-0.1, -0.05) is 24.3 Å². The molecule has 4 heteroatoms. The van der Waals surface area contributed by atoms with Gasteiger partial charge in [0, 0.05) is 6.54 Å². The van der Waals surface area contributed by atoms with Gasteiger partial charge in [0.2, 0.25) is 0 Å². The molecule has 0 unspecified atom stereocenters. The number of rotatable bonds is 3. The van der Waals surface area contributed by atoms with E-state index in [2.05, 4.69) is 11.3 Å². The van der Waals surface area contributed by atoms with E-state index in [-0.39, 0.29) is 6.54 Å². The summed E-state index contributed by atoms with van der Waals surface area (Å²) in [7, 11) is 1.19. The van der Waals surface area contributed by atoms with Gasteiger partial charge >= 0.3 is 11.9 Å². The van der Waals surface area contributed by atoms with Crippen LogP contribution in [0.5, 0.6) is 0 Å². The van der Waals surface area contributed by atoms with E-state index >= 15 is 0 Å². The first-order valence-electron chi connectivity index (χ1n) is 5.59. The van der Waals surface area contributed by atoms with Crippen molar-refractivity contribution in [3.05, 3.63) is 42.0 Å². The molecule has 1 aromatic rings. The zero-order chi connectivity index (χ0) is 13.7. The third kappa shape index (κ3) is 2.77. The summed E-state index contributed by atoms with van der Waals surface area (Å²) in [5, 5.41) is 0. The number of esters is 1. The monoisotopic (exact) mass is 247 g/mol. The molecule has 96 valence electrons. The first kappa shape index (κ1) is 14.0. The van der Waals surface area contributed by atoms with E-state index < -0.39 is 11.9 Å². The Hall–Kier alpha value is -2.10. The second kappa shape index (κ2) is 6.00. The quantitative estimate of drug-likeness (QED) is 0.466. The van der Waals surface area contributed by atoms with E-state index in [9.17, 15) is 9.59 Å². The van der Waals surface area contributed by atoms with Crippen molar-refractivity contribution in [2.45, 2.75) is 13.8 Å². The molecule has 18 heavy (non-hydrogen) atoms. The predicted molar refractivity (Wildman–Crippen MR) is 70.5 cm³/mol. The van der Waals surface area contributed by atoms with Crippen LogP contribution in [0.3, 0.4) is 0 Å². The Labute approximate surface area is 107 Å². The number of hydrogen-bond acceptors (Lipinski definition) is 3. The molecular weight excluding hydrogens is 230 g/mol. The summed E-state index contributed by atoms with van der Waals surface area (Å²) < 4.78 is 4.48. The molecule has 0 aliphatic carbocycles. The van der Waals surface area contributed by atoms with Gasteiger partial charge < -0.3 is 4.74 Å². The lowest BCUT2D eigenvalue weighted by Gasteiger charge is -2.23. The van der Waals surface area contributed by atoms with Gasteiger partial charge in [0.1, 0.15) is 0 Å². The minimum Gasteiger partial charge on any atom is -0.462 e. The number of carbonyl (C=O) groups excluding carboxylic acids is 2. The molecule has 4 nitrogen and oxygen atoms in total. The van der Waals surface area contributed by atoms with Gasteiger partial charge in [-0.05, 0) is 25.0 Å². The van der Waals surface area contributed by atoms with Crippen molar-refractivity contribution >= 4 is 17.6 Å². The Kier molecular flexibility index (Phi) is 4.66. The average molecular weight is 247 g/mol. The van der Waals surface area contributed by atoms with E-state index in [0.29, 0.717) is 0 Å². The number of amides is 1. The molecule has 0 radical (unpaired) electrons. The molecule has 0 bridgehead atoms. The van der Waals surface area contributed by atoms with Crippen LogP contribution in [0.4, 0.5) is 5.69 Å². The van der Waals surface area contributed by atoms with E-state index in [0.717, 1.165) is 16.8 Å². The number of benzene rings is 1. The molecule has 0 saturated heterocycles. The molecule has 1 amide bonds. The lowest BCUT2D eigenvalue weighted by molar-refractivity contribution is -0.151. The summed E-state index contributed by atoms with van der Waals surface area (Å²) in [6, 6.07) is 5.69. The zero-order valence-corrected chi connectivity index (χ0v) is 10.9. The molecular formula is C14H17NO3. The molecule has 0 aliphatic heterocycles. The van der Waals surface area contributed by atoms with Crippen molar-refractivity contribution in [2.75, 3.05) is 18.6 Å². The van der Waals surface area contributed by atoms with Crippen molar-refractivity contribution < 1.29 is 14.3 Å². The normalized spacial score (nSPS) is 9.72. The minimum absolute atomic E-state index is 0.264. The van der Waals surface area contributed by atoms with Gasteiger partial charge in [-0.3, -0.25) is 9.69 Å². The van der Waals surface area contributed by atoms with Crippen LogP contribution in [0.25, 0.3) is 0 Å². The van der Waals surface area contributed by atoms with Gasteiger partial charge in [-0.25, -0.2) is 4.79 Å². The molecule has 0 spiro atoms. The first-order valence-corrected chi connectivity index (χ1v) is 5.59. The fourth-order valence-electron chi connectivity index (χ4n) is 1.83. The van der Waals surface area contributed by atoms with Crippen molar-refractivity contribution in [1.82, 2.24) is 0 Å². The number of para-hydroxylation sites is 1. The van der Waals surface area contributed by atoms with Crippen LogP contribution in [-0.2, 0) is 14.3 Å². The van der Waals surface area contributed by atoms with Crippen LogP contribution in [0.1, 0.15) is 11.1 Å². The smallest absolute Gasteiger partial charge is 0.397 e. The maximum Gasteiger partial charge on any atom is 0.397 e. The molecule has 1 rings (SSSR count). The van der Waals surface area contributed by atoms with Gasteiger partial charge in [-0.15, -0.1) is 6.58 Å². The summed E-state index contributed by atoms with van der Waals surface area (Å²) in [5.74, 6) is -1.56. The van der Waals surface area contributed by atoms with Crippen molar-refractivity contribution in [3.63, 3.8) is 0 Å². The summed E-state index contributed by atoms with van der Waals surface area (Å²) in [6.07, 6.45) is 1.58. The van der Waals surface area contributed by atoms with Crippen molar-refractivity contribution in [2.24, 2.45) is 0 Å². The zero-order valence-electron chi connectivity index (χ0n) is 10.9. The molecule has 0 aliphatic rings. The van der Waals surface area contributed by atoms with Gasteiger partial charge in [0.25, 0.3) is 0 Å². The van der Waals surface area contributed by atoms with Crippen molar-refractivity contribution in [1.29, 1.82) is 0 Å². The molecule has 0 saturated carbocycles. The second-order valence-corrected chi connectivity index (χ2v) is 3.94. The summed E-state index contributed by atoms with van der Waals surface area (Å²) in [5.41, 5.74) is 2.58. The predicted octanol–water partition coefficient (Wildman–Crippen LogP) is 2.00. The summed E-state index contributed by atoms with van der Waals surface area (Å²) >= 11 is 0. The van der Waals surface area contributed by atoms with Gasteiger partial charge in [0.15, 0.2) is 0 Å². The van der Waals surface area contributed by atoms with Crippen LogP contribution in [0.15, 0.2) is 30.9 Å². The molecule has 0 aromatic heterocycles. The lowest BCUT2D eigenvalue weighted by Crippen LogP contribution is -2.38. The van der Waals surface area contributed by atoms with Crippen LogP contribution >= 0.6 is 0 Å². The number of nitrogens with zero attached hydrogens (tertiary/aromatic N) is 1. The molecule has 1 aromatic carbocycles. The highest BCUT2D eigenvalue weighted by Crippen LogP contribution is 2.24. The Morgan fingerprint density at radius 1 is 1.33 bits per heavy atom. The average Bonchev–Trinajstić information content (AvgIpc) is 2.35.